The number of nitro benzene ring substituents is 1. The van der Waals surface area contributed by atoms with Crippen molar-refractivity contribution in [2.24, 2.45) is 0 Å². The van der Waals surface area contributed by atoms with Crippen LogP contribution in [0.1, 0.15) is 26.3 Å². The highest BCUT2D eigenvalue weighted by Gasteiger charge is 2.20. The number of nitro groups is 1. The minimum Gasteiger partial charge on any atom is -0.494 e. The van der Waals surface area contributed by atoms with Gasteiger partial charge in [-0.15, -0.1) is 0 Å². The molecule has 0 heterocycles. The SMILES string of the molecule is COc1cc(NC(=O)c2cccc([N+](=O)[O-])c2C)c(OC)cc1NC(=O)c1ccccc1. The number of benzene rings is 3. The number of rotatable bonds is 7. The predicted molar refractivity (Wildman–Crippen MR) is 120 cm³/mol. The molecule has 32 heavy (non-hydrogen) atoms. The van der Waals surface area contributed by atoms with Gasteiger partial charge in [0, 0.05) is 34.9 Å². The third kappa shape index (κ3) is 4.67. The van der Waals surface area contributed by atoms with E-state index >= 15 is 0 Å². The molecule has 0 bridgehead atoms. The van der Waals surface area contributed by atoms with Crippen LogP contribution in [0, 0.1) is 17.0 Å². The van der Waals surface area contributed by atoms with Crippen LogP contribution in [0.3, 0.4) is 0 Å². The van der Waals surface area contributed by atoms with Crippen molar-refractivity contribution in [3.8, 4) is 11.5 Å². The van der Waals surface area contributed by atoms with Crippen LogP contribution in [0.15, 0.2) is 60.7 Å². The Kier molecular flexibility index (Phi) is 6.69. The molecule has 2 N–H and O–H groups in total. The van der Waals surface area contributed by atoms with Crippen LogP contribution in [0.25, 0.3) is 0 Å². The van der Waals surface area contributed by atoms with Crippen LogP contribution in [-0.2, 0) is 0 Å². The first-order valence-corrected chi connectivity index (χ1v) is 9.53. The number of methoxy groups -OCH3 is 2. The van der Waals surface area contributed by atoms with E-state index in [1.54, 1.807) is 30.3 Å². The molecule has 9 nitrogen and oxygen atoms in total. The van der Waals surface area contributed by atoms with Crippen molar-refractivity contribution < 1.29 is 24.0 Å². The molecule has 3 aromatic carbocycles. The number of hydrogen-bond donors (Lipinski definition) is 2. The van der Waals surface area contributed by atoms with E-state index in [-0.39, 0.29) is 34.2 Å². The number of carbonyl (C=O) groups is 2. The van der Waals surface area contributed by atoms with Gasteiger partial charge in [0.25, 0.3) is 17.5 Å². The summed E-state index contributed by atoms with van der Waals surface area (Å²) in [5, 5.41) is 16.6. The fraction of sp³-hybridized carbons (Fsp3) is 0.130. The molecule has 3 aromatic rings. The van der Waals surface area contributed by atoms with E-state index in [9.17, 15) is 19.7 Å². The largest absolute Gasteiger partial charge is 0.494 e. The highest BCUT2D eigenvalue weighted by atomic mass is 16.6. The predicted octanol–water partition coefficient (Wildman–Crippen LogP) is 4.43. The summed E-state index contributed by atoms with van der Waals surface area (Å²) < 4.78 is 10.7. The van der Waals surface area contributed by atoms with Crippen LogP contribution < -0.4 is 20.1 Å². The Morgan fingerprint density at radius 2 is 1.41 bits per heavy atom. The molecule has 0 radical (unpaired) electrons. The summed E-state index contributed by atoms with van der Waals surface area (Å²) in [5.74, 6) is -0.325. The summed E-state index contributed by atoms with van der Waals surface area (Å²) in [5.41, 5.74) is 1.34. The van der Waals surface area contributed by atoms with Gasteiger partial charge in [-0.3, -0.25) is 19.7 Å². The number of carbonyl (C=O) groups excluding carboxylic acids is 2. The molecule has 0 saturated heterocycles. The topological polar surface area (TPSA) is 120 Å². The molecule has 3 rings (SSSR count). The number of nitrogens with zero attached hydrogens (tertiary/aromatic N) is 1. The van der Waals surface area contributed by atoms with Crippen molar-refractivity contribution in [3.63, 3.8) is 0 Å². The zero-order valence-electron chi connectivity index (χ0n) is 17.7. The first-order valence-electron chi connectivity index (χ1n) is 9.53. The van der Waals surface area contributed by atoms with Crippen LogP contribution in [0.2, 0.25) is 0 Å². The number of ether oxygens (including phenoxy) is 2. The van der Waals surface area contributed by atoms with E-state index in [4.69, 9.17) is 9.47 Å². The van der Waals surface area contributed by atoms with Gasteiger partial charge in [-0.2, -0.15) is 0 Å². The van der Waals surface area contributed by atoms with Crippen molar-refractivity contribution >= 4 is 28.9 Å². The van der Waals surface area contributed by atoms with Gasteiger partial charge in [-0.1, -0.05) is 24.3 Å². The molecule has 0 aliphatic rings. The second-order valence-corrected chi connectivity index (χ2v) is 6.73. The Morgan fingerprint density at radius 3 is 1.94 bits per heavy atom. The maximum Gasteiger partial charge on any atom is 0.273 e. The fourth-order valence-corrected chi connectivity index (χ4v) is 3.13. The zero-order chi connectivity index (χ0) is 23.3. The molecule has 0 aliphatic heterocycles. The normalized spacial score (nSPS) is 10.2. The monoisotopic (exact) mass is 435 g/mol. The molecule has 0 fully saturated rings. The Bertz CT molecular complexity index is 1180. The quantitative estimate of drug-likeness (QED) is 0.419. The third-order valence-electron chi connectivity index (χ3n) is 4.80. The highest BCUT2D eigenvalue weighted by molar-refractivity contribution is 6.08. The van der Waals surface area contributed by atoms with E-state index in [0.717, 1.165) is 0 Å². The van der Waals surface area contributed by atoms with Crippen molar-refractivity contribution in [2.75, 3.05) is 24.9 Å². The second kappa shape index (κ2) is 9.61. The maximum absolute atomic E-state index is 12.8. The van der Waals surface area contributed by atoms with E-state index in [0.29, 0.717) is 17.0 Å². The molecular formula is C23H21N3O6. The lowest BCUT2D eigenvalue weighted by Crippen LogP contribution is -2.16. The van der Waals surface area contributed by atoms with Crippen LogP contribution in [0.4, 0.5) is 17.1 Å². The standard InChI is InChI=1S/C23H21N3O6/c1-14-16(10-7-11-19(14)26(29)30)23(28)25-18-13-20(31-2)17(12-21(18)32-3)24-22(27)15-8-5-4-6-9-15/h4-13H,1-3H3,(H,24,27)(H,25,28). The van der Waals surface area contributed by atoms with Gasteiger partial charge in [0.1, 0.15) is 11.5 Å². The molecule has 9 heteroatoms. The van der Waals surface area contributed by atoms with Gasteiger partial charge in [-0.05, 0) is 25.1 Å². The Morgan fingerprint density at radius 1 is 0.844 bits per heavy atom. The van der Waals surface area contributed by atoms with E-state index in [1.807, 2.05) is 0 Å². The van der Waals surface area contributed by atoms with Crippen LogP contribution >= 0.6 is 0 Å². The van der Waals surface area contributed by atoms with Gasteiger partial charge in [0.2, 0.25) is 0 Å². The van der Waals surface area contributed by atoms with Crippen molar-refractivity contribution in [3.05, 3.63) is 87.5 Å². The summed E-state index contributed by atoms with van der Waals surface area (Å²) in [7, 11) is 2.84. The minimum atomic E-state index is -0.548. The average Bonchev–Trinajstić information content (AvgIpc) is 2.80. The molecule has 164 valence electrons. The summed E-state index contributed by atoms with van der Waals surface area (Å²) in [6, 6.07) is 16.0. The molecule has 0 aliphatic carbocycles. The Balaban J connectivity index is 1.91. The molecule has 0 saturated carbocycles. The van der Waals surface area contributed by atoms with E-state index in [2.05, 4.69) is 10.6 Å². The molecule has 0 atom stereocenters. The summed E-state index contributed by atoms with van der Waals surface area (Å²) in [6.45, 7) is 1.51. The summed E-state index contributed by atoms with van der Waals surface area (Å²) in [4.78, 5) is 36.0. The number of hydrogen-bond acceptors (Lipinski definition) is 6. The molecule has 0 aromatic heterocycles. The number of anilines is 2. The highest BCUT2D eigenvalue weighted by Crippen LogP contribution is 2.37. The summed E-state index contributed by atoms with van der Waals surface area (Å²) >= 11 is 0. The molecular weight excluding hydrogens is 414 g/mol. The van der Waals surface area contributed by atoms with Gasteiger partial charge in [0.05, 0.1) is 30.5 Å². The van der Waals surface area contributed by atoms with Gasteiger partial charge < -0.3 is 20.1 Å². The van der Waals surface area contributed by atoms with Crippen molar-refractivity contribution in [1.82, 2.24) is 0 Å². The number of amides is 2. The summed E-state index contributed by atoms with van der Waals surface area (Å²) in [6.07, 6.45) is 0. The number of nitrogens with one attached hydrogen (secondary N) is 2. The minimum absolute atomic E-state index is 0.152. The first kappa shape index (κ1) is 22.3. The van der Waals surface area contributed by atoms with Crippen LogP contribution in [0.5, 0.6) is 11.5 Å². The Labute approximate surface area is 184 Å². The average molecular weight is 435 g/mol. The van der Waals surface area contributed by atoms with E-state index in [1.165, 1.54) is 51.5 Å². The van der Waals surface area contributed by atoms with Gasteiger partial charge >= 0.3 is 0 Å². The maximum atomic E-state index is 12.8. The van der Waals surface area contributed by atoms with Gasteiger partial charge in [0.15, 0.2) is 0 Å². The molecule has 2 amide bonds. The fourth-order valence-electron chi connectivity index (χ4n) is 3.13. The lowest BCUT2D eigenvalue weighted by molar-refractivity contribution is -0.385. The second-order valence-electron chi connectivity index (χ2n) is 6.73. The first-order chi connectivity index (χ1) is 15.3. The van der Waals surface area contributed by atoms with Crippen LogP contribution in [-0.4, -0.2) is 31.0 Å². The lowest BCUT2D eigenvalue weighted by Gasteiger charge is -2.16. The Hall–Kier alpha value is -4.40. The molecule has 0 spiro atoms. The van der Waals surface area contributed by atoms with Gasteiger partial charge in [-0.25, -0.2) is 0 Å². The van der Waals surface area contributed by atoms with Crippen molar-refractivity contribution in [2.45, 2.75) is 6.92 Å². The smallest absolute Gasteiger partial charge is 0.273 e. The van der Waals surface area contributed by atoms with Crippen molar-refractivity contribution in [1.29, 1.82) is 0 Å². The molecule has 0 unspecified atom stereocenters. The van der Waals surface area contributed by atoms with E-state index < -0.39 is 10.8 Å². The zero-order valence-corrected chi connectivity index (χ0v) is 17.7. The third-order valence-corrected chi connectivity index (χ3v) is 4.80. The lowest BCUT2D eigenvalue weighted by atomic mass is 10.1.